The topological polar surface area (TPSA) is 33.1 Å². The van der Waals surface area contributed by atoms with Gasteiger partial charge >= 0.3 is 6.18 Å². The second-order valence-corrected chi connectivity index (χ2v) is 5.40. The van der Waals surface area contributed by atoms with Crippen LogP contribution in [0.15, 0.2) is 12.4 Å². The van der Waals surface area contributed by atoms with E-state index in [2.05, 4.69) is 10.4 Å². The smallest absolute Gasteiger partial charge is 0.312 e. The van der Waals surface area contributed by atoms with Crippen LogP contribution < -0.4 is 5.32 Å². The predicted octanol–water partition coefficient (Wildman–Crippen LogP) is 1.81. The molecule has 1 fully saturated rings. The Hall–Kier alpha value is -1.08. The first-order valence-electron chi connectivity index (χ1n) is 6.94. The third-order valence-corrected chi connectivity index (χ3v) is 3.53. The molecule has 0 aromatic carbocycles. The molecule has 1 aromatic heterocycles. The van der Waals surface area contributed by atoms with Crippen LogP contribution in [0.5, 0.6) is 0 Å². The molecule has 0 bridgehead atoms. The Labute approximate surface area is 116 Å². The van der Waals surface area contributed by atoms with E-state index in [0.717, 1.165) is 31.5 Å². The highest BCUT2D eigenvalue weighted by molar-refractivity contribution is 4.99. The molecule has 1 saturated heterocycles. The van der Waals surface area contributed by atoms with Crippen molar-refractivity contribution >= 4 is 0 Å². The number of likely N-dealkylation sites (tertiary alicyclic amines) is 1. The predicted molar refractivity (Wildman–Crippen MR) is 70.5 cm³/mol. The summed E-state index contributed by atoms with van der Waals surface area (Å²) < 4.78 is 38.7. The molecule has 0 unspecified atom stereocenters. The van der Waals surface area contributed by atoms with E-state index in [4.69, 9.17) is 0 Å². The van der Waals surface area contributed by atoms with E-state index in [9.17, 15) is 13.2 Å². The van der Waals surface area contributed by atoms with Gasteiger partial charge in [0.05, 0.1) is 19.3 Å². The monoisotopic (exact) mass is 290 g/mol. The maximum atomic E-state index is 12.3. The normalized spacial score (nSPS) is 18.6. The summed E-state index contributed by atoms with van der Waals surface area (Å²) in [6.07, 6.45) is 1.25. The van der Waals surface area contributed by atoms with Crippen molar-refractivity contribution in [2.24, 2.45) is 0 Å². The number of halogens is 3. The van der Waals surface area contributed by atoms with Gasteiger partial charge in [-0.15, -0.1) is 0 Å². The van der Waals surface area contributed by atoms with Gasteiger partial charge in [0.15, 0.2) is 0 Å². The molecule has 1 aliphatic rings. The SMILES string of the molecule is Cc1cnn(CCNC2CCN(CC(F)(F)F)CC2)c1. The van der Waals surface area contributed by atoms with Crippen LogP contribution in [0.2, 0.25) is 0 Å². The summed E-state index contributed by atoms with van der Waals surface area (Å²) in [5.41, 5.74) is 1.13. The van der Waals surface area contributed by atoms with Crippen LogP contribution in [0.25, 0.3) is 0 Å². The Morgan fingerprint density at radius 1 is 1.35 bits per heavy atom. The molecule has 0 spiro atoms. The number of rotatable bonds is 5. The lowest BCUT2D eigenvalue weighted by Gasteiger charge is -2.32. The van der Waals surface area contributed by atoms with E-state index in [1.807, 2.05) is 24.0 Å². The minimum atomic E-state index is -4.09. The highest BCUT2D eigenvalue weighted by Gasteiger charge is 2.32. The molecule has 1 aromatic rings. The summed E-state index contributed by atoms with van der Waals surface area (Å²) in [5, 5.41) is 7.59. The van der Waals surface area contributed by atoms with Crippen LogP contribution in [0.3, 0.4) is 0 Å². The highest BCUT2D eigenvalue weighted by Crippen LogP contribution is 2.19. The van der Waals surface area contributed by atoms with Crippen molar-refractivity contribution in [3.8, 4) is 0 Å². The fourth-order valence-corrected chi connectivity index (χ4v) is 2.52. The quantitative estimate of drug-likeness (QED) is 0.898. The molecule has 20 heavy (non-hydrogen) atoms. The number of nitrogens with zero attached hydrogens (tertiary/aromatic N) is 3. The average molecular weight is 290 g/mol. The van der Waals surface area contributed by atoms with Gasteiger partial charge in [-0.1, -0.05) is 0 Å². The molecule has 4 nitrogen and oxygen atoms in total. The third-order valence-electron chi connectivity index (χ3n) is 3.53. The number of aryl methyl sites for hydroxylation is 1. The van der Waals surface area contributed by atoms with E-state index in [0.29, 0.717) is 19.1 Å². The van der Waals surface area contributed by atoms with Crippen LogP contribution in [0, 0.1) is 6.92 Å². The number of nitrogens with one attached hydrogen (secondary N) is 1. The highest BCUT2D eigenvalue weighted by atomic mass is 19.4. The molecule has 0 saturated carbocycles. The van der Waals surface area contributed by atoms with Gasteiger partial charge in [0.25, 0.3) is 0 Å². The Kier molecular flexibility index (Phi) is 5.04. The molecular formula is C13H21F3N4. The van der Waals surface area contributed by atoms with E-state index in [-0.39, 0.29) is 0 Å². The number of aromatic nitrogens is 2. The molecule has 1 N–H and O–H groups in total. The standard InChI is InChI=1S/C13H21F3N4/c1-11-8-18-20(9-11)7-4-17-12-2-5-19(6-3-12)10-13(14,15)16/h8-9,12,17H,2-7,10H2,1H3. The molecule has 7 heteroatoms. The Morgan fingerprint density at radius 3 is 2.60 bits per heavy atom. The van der Waals surface area contributed by atoms with Gasteiger partial charge in [0.2, 0.25) is 0 Å². The maximum Gasteiger partial charge on any atom is 0.401 e. The number of hydrogen-bond acceptors (Lipinski definition) is 3. The first-order chi connectivity index (χ1) is 9.42. The third kappa shape index (κ3) is 5.13. The lowest BCUT2D eigenvalue weighted by molar-refractivity contribution is -0.148. The summed E-state index contributed by atoms with van der Waals surface area (Å²) >= 11 is 0. The molecule has 2 rings (SSSR count). The van der Waals surface area contributed by atoms with E-state index in [1.165, 1.54) is 4.90 Å². The molecule has 1 aliphatic heterocycles. The first-order valence-corrected chi connectivity index (χ1v) is 6.94. The van der Waals surface area contributed by atoms with Crippen LogP contribution in [-0.2, 0) is 6.54 Å². The summed E-state index contributed by atoms with van der Waals surface area (Å²) in [7, 11) is 0. The summed E-state index contributed by atoms with van der Waals surface area (Å²) in [4.78, 5) is 1.48. The van der Waals surface area contributed by atoms with Gasteiger partial charge in [-0.25, -0.2) is 0 Å². The zero-order valence-corrected chi connectivity index (χ0v) is 11.7. The second kappa shape index (κ2) is 6.58. The Morgan fingerprint density at radius 2 is 2.05 bits per heavy atom. The molecule has 0 radical (unpaired) electrons. The number of hydrogen-bond donors (Lipinski definition) is 1. The fraction of sp³-hybridized carbons (Fsp3) is 0.769. The lowest BCUT2D eigenvalue weighted by Crippen LogP contribution is -2.46. The van der Waals surface area contributed by atoms with Gasteiger partial charge in [-0.05, 0) is 38.4 Å². The van der Waals surface area contributed by atoms with Gasteiger partial charge in [-0.2, -0.15) is 18.3 Å². The van der Waals surface area contributed by atoms with Crippen LogP contribution in [0.4, 0.5) is 13.2 Å². The van der Waals surface area contributed by atoms with Crippen molar-refractivity contribution in [2.45, 2.75) is 38.5 Å². The van der Waals surface area contributed by atoms with Crippen molar-refractivity contribution < 1.29 is 13.2 Å². The van der Waals surface area contributed by atoms with Crippen molar-refractivity contribution in [1.29, 1.82) is 0 Å². The van der Waals surface area contributed by atoms with Crippen molar-refractivity contribution in [2.75, 3.05) is 26.2 Å². The molecule has 0 atom stereocenters. The molecule has 2 heterocycles. The van der Waals surface area contributed by atoms with Gasteiger partial charge in [0.1, 0.15) is 0 Å². The molecule has 0 aliphatic carbocycles. The lowest BCUT2D eigenvalue weighted by atomic mass is 10.1. The van der Waals surface area contributed by atoms with E-state index >= 15 is 0 Å². The summed E-state index contributed by atoms with van der Waals surface area (Å²) in [6.45, 7) is 3.82. The second-order valence-electron chi connectivity index (χ2n) is 5.40. The van der Waals surface area contributed by atoms with Crippen LogP contribution in [-0.4, -0.2) is 53.1 Å². The summed E-state index contributed by atoms with van der Waals surface area (Å²) in [5.74, 6) is 0. The summed E-state index contributed by atoms with van der Waals surface area (Å²) in [6, 6.07) is 0.316. The van der Waals surface area contributed by atoms with Gasteiger partial charge in [0, 0.05) is 18.8 Å². The van der Waals surface area contributed by atoms with E-state index in [1.54, 1.807) is 0 Å². The van der Waals surface area contributed by atoms with Crippen LogP contribution in [0.1, 0.15) is 18.4 Å². The largest absolute Gasteiger partial charge is 0.401 e. The Balaban J connectivity index is 1.62. The van der Waals surface area contributed by atoms with Crippen molar-refractivity contribution in [1.82, 2.24) is 20.0 Å². The zero-order chi connectivity index (χ0) is 14.6. The minimum absolute atomic E-state index is 0.316. The van der Waals surface area contributed by atoms with E-state index < -0.39 is 12.7 Å². The average Bonchev–Trinajstić information content (AvgIpc) is 2.75. The van der Waals surface area contributed by atoms with Gasteiger partial charge < -0.3 is 5.32 Å². The fourth-order valence-electron chi connectivity index (χ4n) is 2.52. The molecule has 114 valence electrons. The molecule has 0 amide bonds. The molecular weight excluding hydrogens is 269 g/mol. The van der Waals surface area contributed by atoms with Crippen molar-refractivity contribution in [3.63, 3.8) is 0 Å². The number of alkyl halides is 3. The van der Waals surface area contributed by atoms with Crippen molar-refractivity contribution in [3.05, 3.63) is 18.0 Å². The Bertz CT molecular complexity index is 408. The maximum absolute atomic E-state index is 12.3. The van der Waals surface area contributed by atoms with Crippen LogP contribution >= 0.6 is 0 Å². The van der Waals surface area contributed by atoms with Gasteiger partial charge in [-0.3, -0.25) is 9.58 Å². The minimum Gasteiger partial charge on any atom is -0.312 e. The zero-order valence-electron chi connectivity index (χ0n) is 11.7. The first kappa shape index (κ1) is 15.3. The number of piperidine rings is 1.